The van der Waals surface area contributed by atoms with Gasteiger partial charge in [0.25, 0.3) is 5.91 Å². The van der Waals surface area contributed by atoms with Crippen LogP contribution in [0.3, 0.4) is 0 Å². The SMILES string of the molecule is CCCNC(=O)C(C)Oc1ccc2c(c1)[C@H](N)CCC2. The van der Waals surface area contributed by atoms with Gasteiger partial charge in [0.15, 0.2) is 6.10 Å². The van der Waals surface area contributed by atoms with Crippen LogP contribution in [0.2, 0.25) is 0 Å². The fraction of sp³-hybridized carbons (Fsp3) is 0.562. The molecule has 1 aromatic rings. The molecule has 0 bridgehead atoms. The quantitative estimate of drug-likeness (QED) is 0.867. The predicted octanol–water partition coefficient (Wildman–Crippen LogP) is 2.32. The Morgan fingerprint density at radius 3 is 3.10 bits per heavy atom. The Labute approximate surface area is 120 Å². The molecule has 0 spiro atoms. The van der Waals surface area contributed by atoms with Crippen molar-refractivity contribution in [1.82, 2.24) is 5.32 Å². The number of amides is 1. The number of nitrogens with two attached hydrogens (primary N) is 1. The van der Waals surface area contributed by atoms with E-state index >= 15 is 0 Å². The average Bonchev–Trinajstić information content (AvgIpc) is 2.45. The van der Waals surface area contributed by atoms with Gasteiger partial charge in [0.05, 0.1) is 0 Å². The van der Waals surface area contributed by atoms with Crippen molar-refractivity contribution in [2.24, 2.45) is 5.73 Å². The molecular weight excluding hydrogens is 252 g/mol. The second-order valence-corrected chi connectivity index (χ2v) is 5.41. The largest absolute Gasteiger partial charge is 0.481 e. The molecule has 3 N–H and O–H groups in total. The molecule has 110 valence electrons. The van der Waals surface area contributed by atoms with Gasteiger partial charge in [-0.25, -0.2) is 0 Å². The number of carbonyl (C=O) groups excluding carboxylic acids is 1. The van der Waals surface area contributed by atoms with Crippen molar-refractivity contribution in [2.45, 2.75) is 51.7 Å². The van der Waals surface area contributed by atoms with Crippen molar-refractivity contribution in [3.05, 3.63) is 29.3 Å². The highest BCUT2D eigenvalue weighted by molar-refractivity contribution is 5.80. The summed E-state index contributed by atoms with van der Waals surface area (Å²) in [5.41, 5.74) is 8.60. The molecule has 0 saturated carbocycles. The number of benzene rings is 1. The van der Waals surface area contributed by atoms with Crippen LogP contribution in [0.25, 0.3) is 0 Å². The highest BCUT2D eigenvalue weighted by Crippen LogP contribution is 2.31. The molecule has 2 atom stereocenters. The van der Waals surface area contributed by atoms with E-state index in [4.69, 9.17) is 10.5 Å². The lowest BCUT2D eigenvalue weighted by molar-refractivity contribution is -0.127. The summed E-state index contributed by atoms with van der Waals surface area (Å²) in [7, 11) is 0. The number of ether oxygens (including phenoxy) is 1. The Morgan fingerprint density at radius 2 is 2.35 bits per heavy atom. The lowest BCUT2D eigenvalue weighted by atomic mass is 9.88. The fourth-order valence-corrected chi connectivity index (χ4v) is 2.54. The summed E-state index contributed by atoms with van der Waals surface area (Å²) >= 11 is 0. The van der Waals surface area contributed by atoms with Crippen molar-refractivity contribution in [2.75, 3.05) is 6.54 Å². The first-order valence-electron chi connectivity index (χ1n) is 7.44. The van der Waals surface area contributed by atoms with Crippen LogP contribution in [0.1, 0.15) is 50.3 Å². The first kappa shape index (κ1) is 14.9. The first-order chi connectivity index (χ1) is 9.61. The van der Waals surface area contributed by atoms with E-state index in [0.29, 0.717) is 6.54 Å². The van der Waals surface area contributed by atoms with E-state index in [-0.39, 0.29) is 11.9 Å². The minimum Gasteiger partial charge on any atom is -0.481 e. The average molecular weight is 276 g/mol. The van der Waals surface area contributed by atoms with Crippen LogP contribution in [0, 0.1) is 0 Å². The highest BCUT2D eigenvalue weighted by atomic mass is 16.5. The van der Waals surface area contributed by atoms with Gasteiger partial charge in [-0.3, -0.25) is 4.79 Å². The molecular formula is C16H24N2O2. The second-order valence-electron chi connectivity index (χ2n) is 5.41. The molecule has 4 heteroatoms. The maximum Gasteiger partial charge on any atom is 0.260 e. The summed E-state index contributed by atoms with van der Waals surface area (Å²) in [5, 5.41) is 2.83. The third-order valence-electron chi connectivity index (χ3n) is 3.71. The molecule has 1 amide bonds. The maximum absolute atomic E-state index is 11.8. The second kappa shape index (κ2) is 6.75. The number of rotatable bonds is 5. The fourth-order valence-electron chi connectivity index (χ4n) is 2.54. The summed E-state index contributed by atoms with van der Waals surface area (Å²) in [4.78, 5) is 11.8. The zero-order chi connectivity index (χ0) is 14.5. The summed E-state index contributed by atoms with van der Waals surface area (Å²) in [6, 6.07) is 6.08. The smallest absolute Gasteiger partial charge is 0.260 e. The van der Waals surface area contributed by atoms with Gasteiger partial charge >= 0.3 is 0 Å². The lowest BCUT2D eigenvalue weighted by Crippen LogP contribution is -2.36. The van der Waals surface area contributed by atoms with Crippen molar-refractivity contribution in [3.8, 4) is 5.75 Å². The zero-order valence-electron chi connectivity index (χ0n) is 12.3. The molecule has 1 aliphatic rings. The summed E-state index contributed by atoms with van der Waals surface area (Å²) < 4.78 is 5.72. The van der Waals surface area contributed by atoms with Crippen LogP contribution in [0.15, 0.2) is 18.2 Å². The van der Waals surface area contributed by atoms with Gasteiger partial charge in [0.2, 0.25) is 0 Å². The van der Waals surface area contributed by atoms with Gasteiger partial charge in [-0.15, -0.1) is 0 Å². The minimum atomic E-state index is -0.487. The van der Waals surface area contributed by atoms with E-state index in [1.807, 2.05) is 19.1 Å². The van der Waals surface area contributed by atoms with Gasteiger partial charge in [0.1, 0.15) is 5.75 Å². The van der Waals surface area contributed by atoms with Gasteiger partial charge in [-0.2, -0.15) is 0 Å². The van der Waals surface area contributed by atoms with Crippen LogP contribution in [0.4, 0.5) is 0 Å². The molecule has 0 radical (unpaired) electrons. The van der Waals surface area contributed by atoms with Crippen molar-refractivity contribution in [3.63, 3.8) is 0 Å². The van der Waals surface area contributed by atoms with Gasteiger partial charge in [-0.05, 0) is 55.9 Å². The highest BCUT2D eigenvalue weighted by Gasteiger charge is 2.19. The Balaban J connectivity index is 2.03. The summed E-state index contributed by atoms with van der Waals surface area (Å²) in [5.74, 6) is 0.647. The van der Waals surface area contributed by atoms with Crippen molar-refractivity contribution in [1.29, 1.82) is 0 Å². The Hall–Kier alpha value is -1.55. The summed E-state index contributed by atoms with van der Waals surface area (Å²) in [6.07, 6.45) is 3.68. The zero-order valence-corrected chi connectivity index (χ0v) is 12.3. The van der Waals surface area contributed by atoms with E-state index in [1.165, 1.54) is 5.56 Å². The molecule has 1 aliphatic carbocycles. The number of carbonyl (C=O) groups is 1. The van der Waals surface area contributed by atoms with Gasteiger partial charge < -0.3 is 15.8 Å². The number of fused-ring (bicyclic) bond motifs is 1. The van der Waals surface area contributed by atoms with Crippen molar-refractivity contribution >= 4 is 5.91 Å². The first-order valence-corrected chi connectivity index (χ1v) is 7.44. The Bertz CT molecular complexity index is 474. The van der Waals surface area contributed by atoms with Gasteiger partial charge in [0, 0.05) is 12.6 Å². The number of hydrogen-bond acceptors (Lipinski definition) is 3. The Kier molecular flexibility index (Phi) is 5.01. The molecule has 0 heterocycles. The molecule has 4 nitrogen and oxygen atoms in total. The van der Waals surface area contributed by atoms with E-state index in [0.717, 1.165) is 37.0 Å². The van der Waals surface area contributed by atoms with Crippen LogP contribution < -0.4 is 15.8 Å². The molecule has 0 fully saturated rings. The van der Waals surface area contributed by atoms with E-state index in [1.54, 1.807) is 6.92 Å². The third kappa shape index (κ3) is 3.51. The molecule has 1 unspecified atom stereocenters. The van der Waals surface area contributed by atoms with E-state index < -0.39 is 6.10 Å². The molecule has 20 heavy (non-hydrogen) atoms. The molecule has 0 aromatic heterocycles. The summed E-state index contributed by atoms with van der Waals surface area (Å²) in [6.45, 7) is 4.47. The minimum absolute atomic E-state index is 0.0751. The molecule has 0 aliphatic heterocycles. The monoisotopic (exact) mass is 276 g/mol. The van der Waals surface area contributed by atoms with Crippen LogP contribution >= 0.6 is 0 Å². The number of aryl methyl sites for hydroxylation is 1. The van der Waals surface area contributed by atoms with E-state index in [9.17, 15) is 4.79 Å². The van der Waals surface area contributed by atoms with Crippen LogP contribution in [-0.4, -0.2) is 18.6 Å². The number of nitrogens with one attached hydrogen (secondary N) is 1. The van der Waals surface area contributed by atoms with E-state index in [2.05, 4.69) is 11.4 Å². The lowest BCUT2D eigenvalue weighted by Gasteiger charge is -2.23. The van der Waals surface area contributed by atoms with Crippen molar-refractivity contribution < 1.29 is 9.53 Å². The molecule has 2 rings (SSSR count). The van der Waals surface area contributed by atoms with Gasteiger partial charge in [-0.1, -0.05) is 13.0 Å². The number of hydrogen-bond donors (Lipinski definition) is 2. The van der Waals surface area contributed by atoms with Crippen LogP contribution in [0.5, 0.6) is 5.75 Å². The normalized spacial score (nSPS) is 19.1. The third-order valence-corrected chi connectivity index (χ3v) is 3.71. The molecule has 0 saturated heterocycles. The Morgan fingerprint density at radius 1 is 1.55 bits per heavy atom. The van der Waals surface area contributed by atoms with Crippen LogP contribution in [-0.2, 0) is 11.2 Å². The molecule has 1 aromatic carbocycles. The predicted molar refractivity (Wildman–Crippen MR) is 79.7 cm³/mol. The standard InChI is InChI=1S/C16H24N2O2/c1-3-9-18-16(19)11(2)20-13-8-7-12-5-4-6-15(17)14(12)10-13/h7-8,10-11,15H,3-6,9,17H2,1-2H3,(H,18,19)/t11?,15-/m1/s1. The maximum atomic E-state index is 11.8. The topological polar surface area (TPSA) is 64.3 Å².